The fourth-order valence-electron chi connectivity index (χ4n) is 4.15. The Morgan fingerprint density at radius 3 is 2.60 bits per heavy atom. The number of amides is 2. The van der Waals surface area contributed by atoms with E-state index in [0.717, 1.165) is 17.7 Å². The Kier molecular flexibility index (Phi) is 5.79. The zero-order valence-electron chi connectivity index (χ0n) is 16.7. The summed E-state index contributed by atoms with van der Waals surface area (Å²) in [5, 5.41) is 10.0. The Labute approximate surface area is 180 Å². The maximum Gasteiger partial charge on any atom is 0.282 e. The number of rotatable bonds is 5. The van der Waals surface area contributed by atoms with Gasteiger partial charge in [0, 0.05) is 24.7 Å². The Hall–Kier alpha value is -2.83. The SMILES string of the molecule is COc1ccc(Cl)cc1N1C(=O)C(c2ccccc2)=C(N2CCCC(CO)C2)C1=O. The van der Waals surface area contributed by atoms with Gasteiger partial charge in [-0.25, -0.2) is 4.90 Å². The van der Waals surface area contributed by atoms with Gasteiger partial charge in [0.1, 0.15) is 11.4 Å². The molecule has 0 bridgehead atoms. The number of aliphatic hydroxyl groups is 1. The summed E-state index contributed by atoms with van der Waals surface area (Å²) in [6.07, 6.45) is 1.74. The zero-order chi connectivity index (χ0) is 21.3. The number of carbonyl (C=O) groups excluding carboxylic acids is 2. The van der Waals surface area contributed by atoms with Crippen molar-refractivity contribution in [1.82, 2.24) is 4.90 Å². The van der Waals surface area contributed by atoms with Crippen molar-refractivity contribution in [2.24, 2.45) is 5.92 Å². The largest absolute Gasteiger partial charge is 0.495 e. The topological polar surface area (TPSA) is 70.1 Å². The fraction of sp³-hybridized carbons (Fsp3) is 0.304. The number of hydrogen-bond donors (Lipinski definition) is 1. The number of halogens is 1. The van der Waals surface area contributed by atoms with Crippen molar-refractivity contribution in [3.63, 3.8) is 0 Å². The number of hydrogen-bond acceptors (Lipinski definition) is 5. The number of carbonyl (C=O) groups is 2. The second-order valence-electron chi connectivity index (χ2n) is 7.49. The normalized spacial score (nSPS) is 19.6. The number of anilines is 1. The number of ether oxygens (including phenoxy) is 1. The molecule has 1 atom stereocenters. The number of nitrogens with zero attached hydrogens (tertiary/aromatic N) is 2. The monoisotopic (exact) mass is 426 g/mol. The van der Waals surface area contributed by atoms with Gasteiger partial charge in [-0.2, -0.15) is 0 Å². The van der Waals surface area contributed by atoms with Crippen molar-refractivity contribution in [1.29, 1.82) is 0 Å². The van der Waals surface area contributed by atoms with Gasteiger partial charge in [-0.1, -0.05) is 41.9 Å². The summed E-state index contributed by atoms with van der Waals surface area (Å²) in [6.45, 7) is 1.24. The molecule has 0 aromatic heterocycles. The number of benzene rings is 2. The molecule has 0 aliphatic carbocycles. The number of likely N-dealkylation sites (tertiary alicyclic amines) is 1. The van der Waals surface area contributed by atoms with Crippen LogP contribution < -0.4 is 9.64 Å². The molecule has 2 aliphatic rings. The molecule has 156 valence electrons. The minimum atomic E-state index is -0.409. The molecule has 1 saturated heterocycles. The van der Waals surface area contributed by atoms with Crippen molar-refractivity contribution in [3.05, 3.63) is 64.8 Å². The van der Waals surface area contributed by atoms with Gasteiger partial charge < -0.3 is 14.7 Å². The molecule has 2 heterocycles. The molecule has 1 fully saturated rings. The van der Waals surface area contributed by atoms with Crippen LogP contribution >= 0.6 is 11.6 Å². The first-order valence-corrected chi connectivity index (χ1v) is 10.3. The van der Waals surface area contributed by atoms with E-state index in [1.807, 2.05) is 35.2 Å². The third kappa shape index (κ3) is 3.57. The molecule has 2 aromatic rings. The minimum Gasteiger partial charge on any atom is -0.495 e. The van der Waals surface area contributed by atoms with Crippen LogP contribution in [0.5, 0.6) is 5.75 Å². The molecule has 2 amide bonds. The summed E-state index contributed by atoms with van der Waals surface area (Å²) in [4.78, 5) is 30.3. The van der Waals surface area contributed by atoms with E-state index >= 15 is 0 Å². The lowest BCUT2D eigenvalue weighted by molar-refractivity contribution is -0.120. The van der Waals surface area contributed by atoms with Crippen LogP contribution in [0.2, 0.25) is 5.02 Å². The quantitative estimate of drug-likeness (QED) is 0.742. The summed E-state index contributed by atoms with van der Waals surface area (Å²) < 4.78 is 5.40. The van der Waals surface area contributed by atoms with Gasteiger partial charge in [-0.3, -0.25) is 9.59 Å². The highest BCUT2D eigenvalue weighted by Gasteiger charge is 2.44. The molecule has 1 N–H and O–H groups in total. The molecule has 0 radical (unpaired) electrons. The van der Waals surface area contributed by atoms with E-state index in [9.17, 15) is 14.7 Å². The molecule has 4 rings (SSSR count). The fourth-order valence-corrected chi connectivity index (χ4v) is 4.32. The van der Waals surface area contributed by atoms with Crippen LogP contribution in [-0.4, -0.2) is 48.6 Å². The molecular formula is C23H23ClN2O4. The lowest BCUT2D eigenvalue weighted by Gasteiger charge is -2.34. The molecule has 0 saturated carbocycles. The number of piperidine rings is 1. The number of imide groups is 1. The van der Waals surface area contributed by atoms with Crippen LogP contribution in [-0.2, 0) is 9.59 Å². The predicted octanol–water partition coefficient (Wildman–Crippen LogP) is 3.34. The van der Waals surface area contributed by atoms with Crippen molar-refractivity contribution < 1.29 is 19.4 Å². The predicted molar refractivity (Wildman–Crippen MR) is 115 cm³/mol. The highest BCUT2D eigenvalue weighted by Crippen LogP contribution is 2.40. The van der Waals surface area contributed by atoms with Gasteiger partial charge in [0.25, 0.3) is 11.8 Å². The number of methoxy groups -OCH3 is 1. The number of aliphatic hydroxyl groups excluding tert-OH is 1. The molecule has 2 aromatic carbocycles. The summed E-state index contributed by atoms with van der Waals surface area (Å²) in [6, 6.07) is 14.1. The van der Waals surface area contributed by atoms with E-state index in [4.69, 9.17) is 16.3 Å². The van der Waals surface area contributed by atoms with Crippen molar-refractivity contribution >= 4 is 34.7 Å². The summed E-state index contributed by atoms with van der Waals surface area (Å²) in [5.74, 6) is -0.353. The van der Waals surface area contributed by atoms with Crippen LogP contribution in [0.15, 0.2) is 54.2 Å². The maximum absolute atomic E-state index is 13.6. The van der Waals surface area contributed by atoms with Gasteiger partial charge >= 0.3 is 0 Å². The second-order valence-corrected chi connectivity index (χ2v) is 7.92. The first kappa shape index (κ1) is 20.4. The molecule has 30 heavy (non-hydrogen) atoms. The summed E-state index contributed by atoms with van der Waals surface area (Å²) in [5.41, 5.74) is 1.73. The van der Waals surface area contributed by atoms with Gasteiger partial charge in [0.15, 0.2) is 0 Å². The minimum absolute atomic E-state index is 0.0540. The average molecular weight is 427 g/mol. The molecular weight excluding hydrogens is 404 g/mol. The summed E-state index contributed by atoms with van der Waals surface area (Å²) in [7, 11) is 1.49. The third-order valence-corrected chi connectivity index (χ3v) is 5.83. The van der Waals surface area contributed by atoms with Gasteiger partial charge in [-0.05, 0) is 42.5 Å². The lowest BCUT2D eigenvalue weighted by atomic mass is 9.97. The van der Waals surface area contributed by atoms with E-state index in [1.54, 1.807) is 18.2 Å². The molecule has 0 spiro atoms. The Morgan fingerprint density at radius 1 is 1.13 bits per heavy atom. The maximum atomic E-state index is 13.6. The van der Waals surface area contributed by atoms with Crippen LogP contribution in [0.1, 0.15) is 18.4 Å². The first-order valence-electron chi connectivity index (χ1n) is 9.93. The molecule has 2 aliphatic heterocycles. The standard InChI is InChI=1S/C23H23ClN2O4/c1-30-19-10-9-17(24)12-18(19)26-22(28)20(16-7-3-2-4-8-16)21(23(26)29)25-11-5-6-15(13-25)14-27/h2-4,7-10,12,15,27H,5-6,11,13-14H2,1H3. The zero-order valence-corrected chi connectivity index (χ0v) is 17.4. The lowest BCUT2D eigenvalue weighted by Crippen LogP contribution is -2.40. The van der Waals surface area contributed by atoms with Crippen LogP contribution in [0.4, 0.5) is 5.69 Å². The van der Waals surface area contributed by atoms with E-state index in [1.165, 1.54) is 7.11 Å². The van der Waals surface area contributed by atoms with E-state index in [0.29, 0.717) is 46.4 Å². The first-order chi connectivity index (χ1) is 14.5. The van der Waals surface area contributed by atoms with Crippen molar-refractivity contribution in [2.75, 3.05) is 31.7 Å². The highest BCUT2D eigenvalue weighted by atomic mass is 35.5. The van der Waals surface area contributed by atoms with E-state index in [-0.39, 0.29) is 12.5 Å². The average Bonchev–Trinajstić information content (AvgIpc) is 3.04. The van der Waals surface area contributed by atoms with Crippen LogP contribution in [0, 0.1) is 5.92 Å². The van der Waals surface area contributed by atoms with Gasteiger partial charge in [0.2, 0.25) is 0 Å². The van der Waals surface area contributed by atoms with Crippen molar-refractivity contribution in [2.45, 2.75) is 12.8 Å². The smallest absolute Gasteiger partial charge is 0.282 e. The van der Waals surface area contributed by atoms with Gasteiger partial charge in [-0.15, -0.1) is 0 Å². The Morgan fingerprint density at radius 2 is 1.90 bits per heavy atom. The molecule has 7 heteroatoms. The second kappa shape index (κ2) is 8.50. The van der Waals surface area contributed by atoms with E-state index in [2.05, 4.69) is 0 Å². The van der Waals surface area contributed by atoms with Crippen LogP contribution in [0.3, 0.4) is 0 Å². The van der Waals surface area contributed by atoms with Crippen molar-refractivity contribution in [3.8, 4) is 5.75 Å². The Bertz CT molecular complexity index is 1010. The van der Waals surface area contributed by atoms with Crippen LogP contribution in [0.25, 0.3) is 5.57 Å². The van der Waals surface area contributed by atoms with E-state index < -0.39 is 11.8 Å². The molecule has 6 nitrogen and oxygen atoms in total. The highest BCUT2D eigenvalue weighted by molar-refractivity contribution is 6.46. The van der Waals surface area contributed by atoms with Gasteiger partial charge in [0.05, 0.1) is 18.4 Å². The third-order valence-electron chi connectivity index (χ3n) is 5.60. The summed E-state index contributed by atoms with van der Waals surface area (Å²) >= 11 is 6.17. The molecule has 1 unspecified atom stereocenters. The Balaban J connectivity index is 1.84.